The Morgan fingerprint density at radius 3 is 1.88 bits per heavy atom. The van der Waals surface area contributed by atoms with Gasteiger partial charge in [-0.05, 0) is 64.2 Å². The SMILES string of the molecule is O=C(O)C1CCC(O)CC1COOC1CCC(OC(=O)C2CC(O)CCC2C(=O)O)CC1. The van der Waals surface area contributed by atoms with E-state index < -0.39 is 47.9 Å². The molecule has 6 unspecified atom stereocenters. The van der Waals surface area contributed by atoms with Crippen LogP contribution in [-0.2, 0) is 28.9 Å². The van der Waals surface area contributed by atoms with Gasteiger partial charge in [-0.2, -0.15) is 0 Å². The first kappa shape index (κ1) is 24.9. The summed E-state index contributed by atoms with van der Waals surface area (Å²) in [5.41, 5.74) is 0. The first-order chi connectivity index (χ1) is 15.2. The molecule has 10 nitrogen and oxygen atoms in total. The van der Waals surface area contributed by atoms with Gasteiger partial charge in [-0.3, -0.25) is 14.4 Å². The van der Waals surface area contributed by atoms with Crippen LogP contribution in [0.15, 0.2) is 0 Å². The zero-order valence-corrected chi connectivity index (χ0v) is 18.1. The highest BCUT2D eigenvalue weighted by Crippen LogP contribution is 2.34. The van der Waals surface area contributed by atoms with Crippen molar-refractivity contribution in [1.29, 1.82) is 0 Å². The molecule has 3 rings (SSSR count). The van der Waals surface area contributed by atoms with Crippen molar-refractivity contribution in [3.63, 3.8) is 0 Å². The molecule has 0 spiro atoms. The van der Waals surface area contributed by atoms with E-state index >= 15 is 0 Å². The molecule has 0 bridgehead atoms. The molecule has 0 heterocycles. The lowest BCUT2D eigenvalue weighted by atomic mass is 9.78. The average Bonchev–Trinajstić information content (AvgIpc) is 2.74. The molecule has 0 saturated heterocycles. The maximum absolute atomic E-state index is 12.5. The van der Waals surface area contributed by atoms with Crippen molar-refractivity contribution in [2.24, 2.45) is 23.7 Å². The van der Waals surface area contributed by atoms with Gasteiger partial charge in [0.15, 0.2) is 0 Å². The molecule has 0 aromatic carbocycles. The third-order valence-corrected chi connectivity index (χ3v) is 7.10. The van der Waals surface area contributed by atoms with Gasteiger partial charge in [0.2, 0.25) is 0 Å². The fraction of sp³-hybridized carbons (Fsp3) is 0.864. The summed E-state index contributed by atoms with van der Waals surface area (Å²) in [6, 6.07) is 0. The Labute approximate surface area is 186 Å². The number of carboxylic acid groups (broad SMARTS) is 2. The number of esters is 1. The van der Waals surface area contributed by atoms with Gasteiger partial charge in [-0.25, -0.2) is 9.78 Å². The molecule has 4 N–H and O–H groups in total. The van der Waals surface area contributed by atoms with Crippen LogP contribution in [0.4, 0.5) is 0 Å². The van der Waals surface area contributed by atoms with Gasteiger partial charge in [0, 0.05) is 5.92 Å². The highest BCUT2D eigenvalue weighted by atomic mass is 17.2. The molecule has 3 aliphatic rings. The number of aliphatic carboxylic acids is 2. The zero-order chi connectivity index (χ0) is 23.3. The molecule has 0 aromatic heterocycles. The Balaban J connectivity index is 1.39. The smallest absolute Gasteiger partial charge is 0.310 e. The summed E-state index contributed by atoms with van der Waals surface area (Å²) in [6.07, 6.45) is 2.53. The van der Waals surface area contributed by atoms with E-state index in [4.69, 9.17) is 14.5 Å². The van der Waals surface area contributed by atoms with Crippen molar-refractivity contribution in [3.05, 3.63) is 0 Å². The Kier molecular flexibility index (Phi) is 8.87. The van der Waals surface area contributed by atoms with Gasteiger partial charge >= 0.3 is 17.9 Å². The van der Waals surface area contributed by atoms with E-state index in [0.29, 0.717) is 51.4 Å². The number of hydrogen-bond acceptors (Lipinski definition) is 8. The quantitative estimate of drug-likeness (QED) is 0.238. The van der Waals surface area contributed by atoms with Gasteiger partial charge < -0.3 is 25.2 Å². The summed E-state index contributed by atoms with van der Waals surface area (Å²) in [4.78, 5) is 46.2. The van der Waals surface area contributed by atoms with Crippen LogP contribution < -0.4 is 0 Å². The lowest BCUT2D eigenvalue weighted by Crippen LogP contribution is -2.40. The van der Waals surface area contributed by atoms with Crippen molar-refractivity contribution in [2.45, 2.75) is 88.6 Å². The van der Waals surface area contributed by atoms with Gasteiger partial charge in [0.05, 0.1) is 42.7 Å². The number of carboxylic acids is 2. The molecule has 32 heavy (non-hydrogen) atoms. The minimum atomic E-state index is -1.04. The normalized spacial score (nSPS) is 38.1. The minimum absolute atomic E-state index is 0.101. The van der Waals surface area contributed by atoms with Crippen LogP contribution in [0.1, 0.15) is 64.2 Å². The second-order valence-corrected chi connectivity index (χ2v) is 9.41. The van der Waals surface area contributed by atoms with E-state index in [1.807, 2.05) is 0 Å². The van der Waals surface area contributed by atoms with E-state index in [1.54, 1.807) is 0 Å². The predicted octanol–water partition coefficient (Wildman–Crippen LogP) is 1.51. The second kappa shape index (κ2) is 11.4. The lowest BCUT2D eigenvalue weighted by molar-refractivity contribution is -0.338. The van der Waals surface area contributed by atoms with Crippen LogP contribution in [0.5, 0.6) is 0 Å². The molecule has 0 radical (unpaired) electrons. The van der Waals surface area contributed by atoms with Crippen LogP contribution >= 0.6 is 0 Å². The molecule has 0 amide bonds. The highest BCUT2D eigenvalue weighted by Gasteiger charge is 2.41. The fourth-order valence-electron chi connectivity index (χ4n) is 5.17. The van der Waals surface area contributed by atoms with E-state index in [-0.39, 0.29) is 37.6 Å². The molecule has 182 valence electrons. The number of ether oxygens (including phenoxy) is 1. The van der Waals surface area contributed by atoms with E-state index in [9.17, 15) is 34.8 Å². The number of carbonyl (C=O) groups is 3. The summed E-state index contributed by atoms with van der Waals surface area (Å²) in [6.45, 7) is 0.101. The van der Waals surface area contributed by atoms with Gasteiger partial charge in [0.25, 0.3) is 0 Å². The topological polar surface area (TPSA) is 160 Å². The molecule has 0 aliphatic heterocycles. The summed E-state index contributed by atoms with van der Waals surface area (Å²) in [7, 11) is 0. The van der Waals surface area contributed by atoms with Crippen LogP contribution in [0.3, 0.4) is 0 Å². The third-order valence-electron chi connectivity index (χ3n) is 7.10. The molecular weight excluding hydrogens is 424 g/mol. The number of hydrogen-bond donors (Lipinski definition) is 4. The first-order valence-electron chi connectivity index (χ1n) is 11.5. The van der Waals surface area contributed by atoms with Gasteiger partial charge in [0.1, 0.15) is 6.10 Å². The number of rotatable bonds is 8. The largest absolute Gasteiger partial charge is 0.481 e. The number of carbonyl (C=O) groups excluding carboxylic acids is 1. The Morgan fingerprint density at radius 1 is 0.688 bits per heavy atom. The first-order valence-corrected chi connectivity index (χ1v) is 11.5. The Bertz CT molecular complexity index is 659. The number of aliphatic hydroxyl groups is 2. The average molecular weight is 459 g/mol. The highest BCUT2D eigenvalue weighted by molar-refractivity contribution is 5.81. The van der Waals surface area contributed by atoms with E-state index in [0.717, 1.165) is 0 Å². The summed E-state index contributed by atoms with van der Waals surface area (Å²) < 4.78 is 5.56. The molecule has 0 aromatic rings. The Hall–Kier alpha value is -1.75. The molecular formula is C22H34O10. The number of aliphatic hydroxyl groups excluding tert-OH is 2. The predicted molar refractivity (Wildman–Crippen MR) is 108 cm³/mol. The van der Waals surface area contributed by atoms with Crippen LogP contribution in [-0.4, -0.2) is 69.4 Å². The molecule has 3 saturated carbocycles. The van der Waals surface area contributed by atoms with Crippen LogP contribution in [0, 0.1) is 23.7 Å². The van der Waals surface area contributed by atoms with Gasteiger partial charge in [-0.1, -0.05) is 0 Å². The lowest BCUT2D eigenvalue weighted by Gasteiger charge is -2.33. The van der Waals surface area contributed by atoms with Crippen molar-refractivity contribution in [1.82, 2.24) is 0 Å². The standard InChI is InChI=1S/C22H34O10/c23-13-1-7-17(20(25)26)12(9-13)11-30-32-16-5-3-15(4-6-16)31-22(29)19-10-14(24)2-8-18(19)21(27)28/h12-19,23-24H,1-11H2,(H,25,26)(H,27,28). The molecule has 10 heteroatoms. The zero-order valence-electron chi connectivity index (χ0n) is 18.1. The molecule has 6 atom stereocenters. The maximum atomic E-state index is 12.5. The fourth-order valence-corrected chi connectivity index (χ4v) is 5.17. The minimum Gasteiger partial charge on any atom is -0.481 e. The molecule has 3 fully saturated rings. The third kappa shape index (κ3) is 6.63. The van der Waals surface area contributed by atoms with Crippen LogP contribution in [0.2, 0.25) is 0 Å². The van der Waals surface area contributed by atoms with E-state index in [2.05, 4.69) is 0 Å². The maximum Gasteiger partial charge on any atom is 0.310 e. The summed E-state index contributed by atoms with van der Waals surface area (Å²) in [5, 5.41) is 38.3. The van der Waals surface area contributed by atoms with Crippen molar-refractivity contribution >= 4 is 17.9 Å². The van der Waals surface area contributed by atoms with Crippen molar-refractivity contribution in [2.75, 3.05) is 6.61 Å². The summed E-state index contributed by atoms with van der Waals surface area (Å²) >= 11 is 0. The van der Waals surface area contributed by atoms with Crippen molar-refractivity contribution < 1.29 is 49.3 Å². The van der Waals surface area contributed by atoms with Crippen LogP contribution in [0.25, 0.3) is 0 Å². The second-order valence-electron chi connectivity index (χ2n) is 9.41. The van der Waals surface area contributed by atoms with E-state index in [1.165, 1.54) is 0 Å². The van der Waals surface area contributed by atoms with Crippen molar-refractivity contribution in [3.8, 4) is 0 Å². The Morgan fingerprint density at radius 2 is 1.25 bits per heavy atom. The monoisotopic (exact) mass is 458 g/mol. The summed E-state index contributed by atoms with van der Waals surface area (Å²) in [5.74, 6) is -5.00. The molecule has 3 aliphatic carbocycles. The van der Waals surface area contributed by atoms with Gasteiger partial charge in [-0.15, -0.1) is 0 Å².